The minimum Gasteiger partial charge on any atom is -0.480 e. The Morgan fingerprint density at radius 1 is 1.50 bits per heavy atom. The van der Waals surface area contributed by atoms with Gasteiger partial charge < -0.3 is 15.2 Å². The number of ether oxygens (including phenoxy) is 1. The maximum Gasteiger partial charge on any atom is 0.317 e. The molecule has 0 aromatic carbocycles. The Labute approximate surface area is 148 Å². The third kappa shape index (κ3) is 2.73. The lowest BCUT2D eigenvalue weighted by molar-refractivity contribution is -0.138. The summed E-state index contributed by atoms with van der Waals surface area (Å²) in [5.41, 5.74) is -0.207. The van der Waals surface area contributed by atoms with E-state index < -0.39 is 5.97 Å². The van der Waals surface area contributed by atoms with Crippen LogP contribution in [0.1, 0.15) is 22.5 Å². The van der Waals surface area contributed by atoms with Gasteiger partial charge in [-0.2, -0.15) is 0 Å². The Kier molecular flexibility index (Phi) is 4.07. The molecule has 4 rings (SSSR count). The van der Waals surface area contributed by atoms with Crippen LogP contribution in [0.4, 0.5) is 0 Å². The number of carbonyl (C=O) groups is 2. The number of halogens is 1. The van der Waals surface area contributed by atoms with Crippen molar-refractivity contribution in [3.63, 3.8) is 0 Å². The lowest BCUT2D eigenvalue weighted by atomic mass is 9.73. The summed E-state index contributed by atoms with van der Waals surface area (Å²) in [6, 6.07) is 3.45. The number of nitrogens with one attached hydrogen (secondary N) is 1. The van der Waals surface area contributed by atoms with Gasteiger partial charge in [0.2, 0.25) is 0 Å². The molecule has 6 nitrogen and oxygen atoms in total. The monoisotopic (exact) mass is 370 g/mol. The van der Waals surface area contributed by atoms with Crippen LogP contribution in [-0.4, -0.2) is 59.8 Å². The van der Waals surface area contributed by atoms with Gasteiger partial charge in [0.25, 0.3) is 5.91 Å². The van der Waals surface area contributed by atoms with Crippen LogP contribution in [-0.2, 0) is 9.53 Å². The van der Waals surface area contributed by atoms with Crippen LogP contribution in [0, 0.1) is 11.8 Å². The van der Waals surface area contributed by atoms with Gasteiger partial charge in [-0.1, -0.05) is 11.6 Å². The van der Waals surface area contributed by atoms with E-state index in [1.54, 1.807) is 12.1 Å². The molecule has 0 aliphatic carbocycles. The summed E-state index contributed by atoms with van der Waals surface area (Å²) >= 11 is 7.15. The van der Waals surface area contributed by atoms with Crippen LogP contribution >= 0.6 is 22.9 Å². The first-order chi connectivity index (χ1) is 11.5. The highest BCUT2D eigenvalue weighted by molar-refractivity contribution is 7.17. The van der Waals surface area contributed by atoms with E-state index in [4.69, 9.17) is 21.4 Å². The molecule has 3 fully saturated rings. The van der Waals surface area contributed by atoms with Crippen molar-refractivity contribution in [3.05, 3.63) is 21.3 Å². The van der Waals surface area contributed by atoms with Crippen molar-refractivity contribution in [2.45, 2.75) is 24.5 Å². The van der Waals surface area contributed by atoms with E-state index in [9.17, 15) is 9.59 Å². The molecule has 1 spiro atoms. The van der Waals surface area contributed by atoms with Crippen molar-refractivity contribution in [1.82, 2.24) is 10.2 Å². The average molecular weight is 371 g/mol. The molecule has 4 atom stereocenters. The molecule has 130 valence electrons. The normalized spacial score (nSPS) is 34.5. The van der Waals surface area contributed by atoms with Gasteiger partial charge in [0, 0.05) is 31.5 Å². The number of carboxylic acids is 1. The summed E-state index contributed by atoms with van der Waals surface area (Å²) < 4.78 is 6.85. The van der Waals surface area contributed by atoms with Gasteiger partial charge in [-0.15, -0.1) is 11.3 Å². The summed E-state index contributed by atoms with van der Waals surface area (Å²) in [4.78, 5) is 25.8. The van der Waals surface area contributed by atoms with Crippen LogP contribution in [0.25, 0.3) is 0 Å². The Balaban J connectivity index is 1.41. The second-order valence-electron chi connectivity index (χ2n) is 6.91. The molecule has 2 bridgehead atoms. The fourth-order valence-electron chi connectivity index (χ4n) is 4.61. The number of nitrogens with zero attached hydrogens (tertiary/aromatic N) is 1. The molecule has 1 aromatic heterocycles. The summed E-state index contributed by atoms with van der Waals surface area (Å²) in [5.74, 6) is -0.371. The fraction of sp³-hybridized carbons (Fsp3) is 0.625. The summed E-state index contributed by atoms with van der Waals surface area (Å²) in [7, 11) is 0. The van der Waals surface area contributed by atoms with Crippen molar-refractivity contribution < 1.29 is 19.4 Å². The molecule has 1 aromatic rings. The van der Waals surface area contributed by atoms with Crippen molar-refractivity contribution in [2.24, 2.45) is 11.8 Å². The molecule has 8 heteroatoms. The number of carbonyl (C=O) groups excluding carboxylic acids is 1. The van der Waals surface area contributed by atoms with Crippen LogP contribution in [0.15, 0.2) is 12.1 Å². The lowest BCUT2D eigenvalue weighted by Gasteiger charge is -2.29. The first-order valence-corrected chi connectivity index (χ1v) is 9.32. The highest BCUT2D eigenvalue weighted by atomic mass is 35.5. The van der Waals surface area contributed by atoms with Crippen molar-refractivity contribution in [1.29, 1.82) is 0 Å². The topological polar surface area (TPSA) is 78.9 Å². The second kappa shape index (κ2) is 5.98. The molecule has 3 aliphatic heterocycles. The number of aliphatic carboxylic acids is 1. The summed E-state index contributed by atoms with van der Waals surface area (Å²) in [5, 5.41) is 12.0. The molecule has 0 saturated carbocycles. The van der Waals surface area contributed by atoms with E-state index in [0.717, 1.165) is 19.4 Å². The Morgan fingerprint density at radius 3 is 3.04 bits per heavy atom. The second-order valence-corrected chi connectivity index (χ2v) is 8.62. The zero-order chi connectivity index (χ0) is 16.9. The van der Waals surface area contributed by atoms with Crippen LogP contribution in [0.5, 0.6) is 0 Å². The van der Waals surface area contributed by atoms with Crippen LogP contribution in [0.2, 0.25) is 4.34 Å². The predicted octanol–water partition coefficient (Wildman–Crippen LogP) is 1.70. The van der Waals surface area contributed by atoms with Gasteiger partial charge in [-0.05, 0) is 25.0 Å². The molecule has 0 radical (unpaired) electrons. The molecule has 3 aliphatic rings. The number of hydrogen-bond acceptors (Lipinski definition) is 5. The van der Waals surface area contributed by atoms with E-state index in [0.29, 0.717) is 28.2 Å². The highest BCUT2D eigenvalue weighted by Gasteiger charge is 2.62. The number of hydrogen-bond donors (Lipinski definition) is 2. The number of rotatable bonds is 5. The first kappa shape index (κ1) is 16.3. The largest absolute Gasteiger partial charge is 0.480 e. The molecule has 1 amide bonds. The molecule has 4 heterocycles. The van der Waals surface area contributed by atoms with Crippen molar-refractivity contribution >= 4 is 34.8 Å². The third-order valence-corrected chi connectivity index (χ3v) is 6.74. The summed E-state index contributed by atoms with van der Waals surface area (Å²) in [6.45, 7) is 2.03. The number of amides is 1. The SMILES string of the molecule is O=C(O)CN1C[C@@H]2[C@H](CNC(=O)c3ccc(Cl)s3)[C@H]3CC[C@]2(C1)O3. The maximum absolute atomic E-state index is 12.2. The lowest BCUT2D eigenvalue weighted by Crippen LogP contribution is -2.41. The van der Waals surface area contributed by atoms with E-state index in [2.05, 4.69) is 5.32 Å². The molecular formula is C16H19ClN2O4S. The Hall–Kier alpha value is -1.15. The fourth-order valence-corrected chi connectivity index (χ4v) is 5.56. The Bertz CT molecular complexity index is 681. The number of fused-ring (bicyclic) bond motifs is 1. The Morgan fingerprint density at radius 2 is 2.33 bits per heavy atom. The minimum absolute atomic E-state index is 0.0546. The van der Waals surface area contributed by atoms with Gasteiger partial charge in [-0.25, -0.2) is 0 Å². The average Bonchev–Trinajstić information content (AvgIpc) is 3.24. The van der Waals surface area contributed by atoms with Gasteiger partial charge >= 0.3 is 5.97 Å². The van der Waals surface area contributed by atoms with E-state index in [1.165, 1.54) is 11.3 Å². The summed E-state index contributed by atoms with van der Waals surface area (Å²) in [6.07, 6.45) is 2.15. The third-order valence-electron chi connectivity index (χ3n) is 5.51. The maximum atomic E-state index is 12.2. The number of likely N-dealkylation sites (tertiary alicyclic amines) is 1. The van der Waals surface area contributed by atoms with Crippen LogP contribution in [0.3, 0.4) is 0 Å². The zero-order valence-corrected chi connectivity index (χ0v) is 14.6. The van der Waals surface area contributed by atoms with Gasteiger partial charge in [-0.3, -0.25) is 14.5 Å². The van der Waals surface area contributed by atoms with Crippen molar-refractivity contribution in [2.75, 3.05) is 26.2 Å². The smallest absolute Gasteiger partial charge is 0.317 e. The van der Waals surface area contributed by atoms with Crippen molar-refractivity contribution in [3.8, 4) is 0 Å². The number of carboxylic acid groups (broad SMARTS) is 1. The molecule has 24 heavy (non-hydrogen) atoms. The molecular weight excluding hydrogens is 352 g/mol. The highest BCUT2D eigenvalue weighted by Crippen LogP contribution is 2.54. The quantitative estimate of drug-likeness (QED) is 0.824. The molecule has 3 saturated heterocycles. The molecule has 2 N–H and O–H groups in total. The predicted molar refractivity (Wildman–Crippen MR) is 89.6 cm³/mol. The van der Waals surface area contributed by atoms with Gasteiger partial charge in [0.1, 0.15) is 0 Å². The minimum atomic E-state index is -0.805. The van der Waals surface area contributed by atoms with E-state index in [-0.39, 0.29) is 30.1 Å². The standard InChI is InChI=1S/C16H19ClN2O4S/c17-13-2-1-12(24-13)15(22)18-5-9-10-6-19(7-14(20)21)8-16(10)4-3-11(9)23-16/h1-2,9-11H,3-8H2,(H,18,22)(H,20,21)/t9-,10+,11+,16+/m0/s1. The first-order valence-electron chi connectivity index (χ1n) is 8.12. The van der Waals surface area contributed by atoms with Gasteiger partial charge in [0.05, 0.1) is 27.5 Å². The van der Waals surface area contributed by atoms with Gasteiger partial charge in [0.15, 0.2) is 0 Å². The van der Waals surface area contributed by atoms with E-state index in [1.807, 2.05) is 4.90 Å². The van der Waals surface area contributed by atoms with Crippen LogP contribution < -0.4 is 5.32 Å². The molecule has 0 unspecified atom stereocenters. The van der Waals surface area contributed by atoms with E-state index >= 15 is 0 Å². The zero-order valence-electron chi connectivity index (χ0n) is 13.0. The number of thiophene rings is 1.